The van der Waals surface area contributed by atoms with E-state index in [2.05, 4.69) is 25.3 Å². The Balaban J connectivity index is 1.55. The first-order valence-electron chi connectivity index (χ1n) is 10.1. The Kier molecular flexibility index (Phi) is 7.28. The van der Waals surface area contributed by atoms with Crippen molar-refractivity contribution in [1.82, 2.24) is 25.3 Å². The summed E-state index contributed by atoms with van der Waals surface area (Å²) < 4.78 is 0. The second kappa shape index (κ2) is 10.3. The zero-order valence-corrected chi connectivity index (χ0v) is 17.4. The van der Waals surface area contributed by atoms with Crippen molar-refractivity contribution in [2.75, 3.05) is 5.73 Å². The average molecular weight is 454 g/mol. The fraction of sp³-hybridized carbons (Fsp3) is 0.286. The highest BCUT2D eigenvalue weighted by atomic mass is 16.4. The van der Waals surface area contributed by atoms with Gasteiger partial charge < -0.3 is 21.3 Å². The lowest BCUT2D eigenvalue weighted by Crippen LogP contribution is -2.41. The molecular weight excluding hydrogens is 432 g/mol. The molecule has 0 fully saturated rings. The molecule has 0 aliphatic carbocycles. The van der Waals surface area contributed by atoms with Crippen LogP contribution in [0.15, 0.2) is 35.3 Å². The summed E-state index contributed by atoms with van der Waals surface area (Å²) in [6.07, 6.45) is 2.93. The summed E-state index contributed by atoms with van der Waals surface area (Å²) in [4.78, 5) is 60.8. The Morgan fingerprint density at radius 1 is 1.09 bits per heavy atom. The van der Waals surface area contributed by atoms with Gasteiger partial charge in [0.15, 0.2) is 11.2 Å². The summed E-state index contributed by atoms with van der Waals surface area (Å²) in [5.74, 6) is -3.04. The number of nitrogens with zero attached hydrogens (tertiary/aromatic N) is 3. The number of aromatic amines is 1. The van der Waals surface area contributed by atoms with Gasteiger partial charge in [0, 0.05) is 12.0 Å². The van der Waals surface area contributed by atoms with Gasteiger partial charge in [0.2, 0.25) is 5.95 Å². The average Bonchev–Trinajstić information content (AvgIpc) is 2.77. The number of fused-ring (bicyclic) bond motifs is 1. The maximum Gasteiger partial charge on any atom is 0.326 e. The zero-order chi connectivity index (χ0) is 24.0. The van der Waals surface area contributed by atoms with Crippen molar-refractivity contribution in [3.05, 3.63) is 57.6 Å². The van der Waals surface area contributed by atoms with Crippen LogP contribution in [0.5, 0.6) is 0 Å². The van der Waals surface area contributed by atoms with Gasteiger partial charge in [0.25, 0.3) is 11.5 Å². The van der Waals surface area contributed by atoms with Crippen molar-refractivity contribution in [2.45, 2.75) is 38.1 Å². The fourth-order valence-corrected chi connectivity index (χ4v) is 3.15. The molecular formula is C21H22N6O6. The minimum Gasteiger partial charge on any atom is -0.481 e. The number of aromatic nitrogens is 4. The first-order valence-corrected chi connectivity index (χ1v) is 10.1. The number of nitrogens with two attached hydrogens (primary N) is 1. The molecule has 2 heterocycles. The quantitative estimate of drug-likeness (QED) is 0.287. The third-order valence-electron chi connectivity index (χ3n) is 4.85. The lowest BCUT2D eigenvalue weighted by molar-refractivity contribution is -0.140. The number of H-pyrrole nitrogens is 1. The number of carboxylic acids is 2. The molecule has 12 heteroatoms. The maximum atomic E-state index is 12.3. The van der Waals surface area contributed by atoms with E-state index in [-0.39, 0.29) is 35.5 Å². The van der Waals surface area contributed by atoms with Crippen LogP contribution >= 0.6 is 0 Å². The van der Waals surface area contributed by atoms with Crippen LogP contribution in [0.2, 0.25) is 0 Å². The van der Waals surface area contributed by atoms with Crippen molar-refractivity contribution in [3.63, 3.8) is 0 Å². The summed E-state index contributed by atoms with van der Waals surface area (Å²) in [6.45, 7) is 0. The first-order chi connectivity index (χ1) is 15.7. The van der Waals surface area contributed by atoms with Crippen molar-refractivity contribution in [2.24, 2.45) is 0 Å². The number of anilines is 1. The van der Waals surface area contributed by atoms with Crippen LogP contribution in [0.25, 0.3) is 11.2 Å². The standard InChI is InChI=1S/C21H22N6O6/c22-21-26-17-16(19(31)27-21)24-13(10-23-17)3-1-2-11-4-6-12(7-5-11)18(30)25-14(20(32)33)8-9-15(28)29/h4-7,10,14H,1-3,8-9H2,(H,25,30)(H,28,29)(H,32,33)(H3,22,23,26,27,31)/t14-/m0/s1. The highest BCUT2D eigenvalue weighted by molar-refractivity contribution is 5.96. The number of hydrogen-bond acceptors (Lipinski definition) is 8. The number of benzene rings is 1. The van der Waals surface area contributed by atoms with Crippen LogP contribution < -0.4 is 16.6 Å². The summed E-state index contributed by atoms with van der Waals surface area (Å²) in [5, 5.41) is 20.2. The Hall–Kier alpha value is -4.35. The van der Waals surface area contributed by atoms with Gasteiger partial charge in [-0.05, 0) is 43.4 Å². The Morgan fingerprint density at radius 2 is 1.82 bits per heavy atom. The predicted molar refractivity (Wildman–Crippen MR) is 117 cm³/mol. The van der Waals surface area contributed by atoms with Crippen LogP contribution in [-0.2, 0) is 22.4 Å². The molecule has 2 aromatic heterocycles. The summed E-state index contributed by atoms with van der Waals surface area (Å²) in [5.41, 5.74) is 7.21. The van der Waals surface area contributed by atoms with Gasteiger partial charge in [-0.3, -0.25) is 19.4 Å². The molecule has 0 aliphatic heterocycles. The number of aryl methyl sites for hydroxylation is 2. The number of hydrogen-bond donors (Lipinski definition) is 5. The number of carbonyl (C=O) groups is 3. The van der Waals surface area contributed by atoms with E-state index in [0.717, 1.165) is 5.56 Å². The molecule has 6 N–H and O–H groups in total. The van der Waals surface area contributed by atoms with E-state index in [4.69, 9.17) is 15.9 Å². The zero-order valence-electron chi connectivity index (χ0n) is 17.4. The molecule has 33 heavy (non-hydrogen) atoms. The van der Waals surface area contributed by atoms with E-state index in [9.17, 15) is 19.2 Å². The van der Waals surface area contributed by atoms with Crippen LogP contribution in [0.3, 0.4) is 0 Å². The molecule has 0 aliphatic rings. The lowest BCUT2D eigenvalue weighted by atomic mass is 10.0. The van der Waals surface area contributed by atoms with Gasteiger partial charge in [-0.25, -0.2) is 14.8 Å². The molecule has 0 spiro atoms. The van der Waals surface area contributed by atoms with Crippen molar-refractivity contribution in [3.8, 4) is 0 Å². The third-order valence-corrected chi connectivity index (χ3v) is 4.85. The van der Waals surface area contributed by atoms with Gasteiger partial charge in [-0.15, -0.1) is 0 Å². The van der Waals surface area contributed by atoms with E-state index < -0.39 is 29.4 Å². The summed E-state index contributed by atoms with van der Waals surface area (Å²) >= 11 is 0. The highest BCUT2D eigenvalue weighted by Gasteiger charge is 2.21. The smallest absolute Gasteiger partial charge is 0.326 e. The monoisotopic (exact) mass is 454 g/mol. The second-order valence-electron chi connectivity index (χ2n) is 7.33. The van der Waals surface area contributed by atoms with E-state index in [0.29, 0.717) is 25.0 Å². The lowest BCUT2D eigenvalue weighted by Gasteiger charge is -2.13. The number of amides is 1. The molecule has 1 atom stereocenters. The number of rotatable bonds is 10. The first kappa shape index (κ1) is 23.3. The number of carbonyl (C=O) groups excluding carboxylic acids is 1. The van der Waals surface area contributed by atoms with Gasteiger partial charge in [0.1, 0.15) is 6.04 Å². The van der Waals surface area contributed by atoms with Crippen LogP contribution in [0.1, 0.15) is 40.9 Å². The fourth-order valence-electron chi connectivity index (χ4n) is 3.15. The minimum absolute atomic E-state index is 0.0228. The number of nitrogen functional groups attached to an aromatic ring is 1. The molecule has 0 bridgehead atoms. The molecule has 0 saturated carbocycles. The number of nitrogens with one attached hydrogen (secondary N) is 2. The molecule has 1 aromatic carbocycles. The van der Waals surface area contributed by atoms with Crippen molar-refractivity contribution >= 4 is 35.0 Å². The molecule has 3 rings (SSSR count). The molecule has 0 radical (unpaired) electrons. The van der Waals surface area contributed by atoms with E-state index in [1.807, 2.05) is 0 Å². The van der Waals surface area contributed by atoms with Crippen LogP contribution in [0.4, 0.5) is 5.95 Å². The highest BCUT2D eigenvalue weighted by Crippen LogP contribution is 2.11. The number of carboxylic acid groups (broad SMARTS) is 2. The van der Waals surface area contributed by atoms with E-state index in [1.54, 1.807) is 30.5 Å². The maximum absolute atomic E-state index is 12.3. The van der Waals surface area contributed by atoms with Crippen LogP contribution in [0, 0.1) is 0 Å². The predicted octanol–water partition coefficient (Wildman–Crippen LogP) is 0.518. The minimum atomic E-state index is -1.29. The van der Waals surface area contributed by atoms with Gasteiger partial charge in [-0.2, -0.15) is 4.98 Å². The Morgan fingerprint density at radius 3 is 2.48 bits per heavy atom. The molecule has 1 amide bonds. The topological polar surface area (TPSA) is 201 Å². The summed E-state index contributed by atoms with van der Waals surface area (Å²) in [6, 6.07) is 5.38. The molecule has 0 saturated heterocycles. The second-order valence-corrected chi connectivity index (χ2v) is 7.33. The van der Waals surface area contributed by atoms with Crippen molar-refractivity contribution < 1.29 is 24.6 Å². The molecule has 12 nitrogen and oxygen atoms in total. The molecule has 3 aromatic rings. The largest absolute Gasteiger partial charge is 0.481 e. The van der Waals surface area contributed by atoms with Gasteiger partial charge >= 0.3 is 11.9 Å². The van der Waals surface area contributed by atoms with E-state index in [1.165, 1.54) is 0 Å². The Labute approximate surface area is 186 Å². The normalized spacial score (nSPS) is 11.8. The van der Waals surface area contributed by atoms with E-state index >= 15 is 0 Å². The van der Waals surface area contributed by atoms with Gasteiger partial charge in [-0.1, -0.05) is 12.1 Å². The van der Waals surface area contributed by atoms with Crippen molar-refractivity contribution in [1.29, 1.82) is 0 Å². The summed E-state index contributed by atoms with van der Waals surface area (Å²) in [7, 11) is 0. The van der Waals surface area contributed by atoms with Gasteiger partial charge in [0.05, 0.1) is 11.9 Å². The SMILES string of the molecule is Nc1nc2ncc(CCCc3ccc(C(=O)N[C@@H](CCC(=O)O)C(=O)O)cc3)nc2c(=O)[nH]1. The number of aliphatic carboxylic acids is 2. The third kappa shape index (κ3) is 6.32. The molecule has 172 valence electrons. The molecule has 0 unspecified atom stereocenters. The Bertz CT molecular complexity index is 1240. The van der Waals surface area contributed by atoms with Crippen LogP contribution in [-0.4, -0.2) is 54.0 Å².